The van der Waals surface area contributed by atoms with Crippen LogP contribution in [0.3, 0.4) is 0 Å². The van der Waals surface area contributed by atoms with Crippen LogP contribution in [-0.4, -0.2) is 27.6 Å². The highest BCUT2D eigenvalue weighted by Gasteiger charge is 2.16. The number of nitrogens with zero attached hydrogens (tertiary/aromatic N) is 3. The van der Waals surface area contributed by atoms with Crippen molar-refractivity contribution in [3.8, 4) is 0 Å². The molecule has 1 aromatic carbocycles. The van der Waals surface area contributed by atoms with Crippen LogP contribution in [-0.2, 0) is 6.54 Å². The van der Waals surface area contributed by atoms with Gasteiger partial charge in [0, 0.05) is 13.1 Å². The average Bonchev–Trinajstić information content (AvgIpc) is 3.18. The summed E-state index contributed by atoms with van der Waals surface area (Å²) in [6.45, 7) is 2.83. The molecule has 1 N–H and O–H groups in total. The molecule has 3 aromatic rings. The molecular formula is C17H20N4O. The lowest BCUT2D eigenvalue weighted by Gasteiger charge is -2.27. The van der Waals surface area contributed by atoms with Crippen LogP contribution in [0.5, 0.6) is 0 Å². The van der Waals surface area contributed by atoms with Crippen LogP contribution < -0.4 is 5.43 Å². The fourth-order valence-corrected chi connectivity index (χ4v) is 3.03. The van der Waals surface area contributed by atoms with Crippen molar-refractivity contribution in [1.29, 1.82) is 0 Å². The third-order valence-corrected chi connectivity index (χ3v) is 4.16. The van der Waals surface area contributed by atoms with Crippen molar-refractivity contribution in [3.63, 3.8) is 0 Å². The van der Waals surface area contributed by atoms with Gasteiger partial charge in [0.05, 0.1) is 23.8 Å². The molecule has 1 aliphatic heterocycles. The first-order valence-electron chi connectivity index (χ1n) is 7.89. The summed E-state index contributed by atoms with van der Waals surface area (Å²) in [5.74, 6) is 1.82. The summed E-state index contributed by atoms with van der Waals surface area (Å²) in [5, 5.41) is 2.27. The molecule has 0 atom stereocenters. The zero-order valence-corrected chi connectivity index (χ0v) is 12.5. The molecule has 0 amide bonds. The Morgan fingerprint density at radius 3 is 2.73 bits per heavy atom. The second-order valence-corrected chi connectivity index (χ2v) is 5.75. The van der Waals surface area contributed by atoms with Gasteiger partial charge < -0.3 is 8.98 Å². The van der Waals surface area contributed by atoms with Gasteiger partial charge in [0.15, 0.2) is 0 Å². The topological polar surface area (TPSA) is 46.2 Å². The Morgan fingerprint density at radius 2 is 1.91 bits per heavy atom. The van der Waals surface area contributed by atoms with Crippen molar-refractivity contribution in [3.05, 3.63) is 48.4 Å². The molecule has 0 saturated carbocycles. The van der Waals surface area contributed by atoms with E-state index in [1.165, 1.54) is 19.3 Å². The normalized spacial score (nSPS) is 16.2. The number of hydrogen-bond donors (Lipinski definition) is 1. The van der Waals surface area contributed by atoms with Crippen LogP contribution in [0, 0.1) is 0 Å². The summed E-state index contributed by atoms with van der Waals surface area (Å²) >= 11 is 0. The molecule has 5 heteroatoms. The van der Waals surface area contributed by atoms with Gasteiger partial charge in [-0.25, -0.2) is 9.99 Å². The summed E-state index contributed by atoms with van der Waals surface area (Å²) < 4.78 is 7.69. The average molecular weight is 296 g/mol. The van der Waals surface area contributed by atoms with Crippen molar-refractivity contribution in [2.75, 3.05) is 18.5 Å². The minimum Gasteiger partial charge on any atom is -0.467 e. The fraction of sp³-hybridized carbons (Fsp3) is 0.353. The minimum atomic E-state index is 0.684. The highest BCUT2D eigenvalue weighted by molar-refractivity contribution is 5.78. The largest absolute Gasteiger partial charge is 0.467 e. The molecule has 2 aromatic heterocycles. The Hall–Kier alpha value is -2.27. The highest BCUT2D eigenvalue weighted by atomic mass is 16.3. The lowest BCUT2D eigenvalue weighted by molar-refractivity contribution is 0.270. The monoisotopic (exact) mass is 296 g/mol. The SMILES string of the molecule is c1coc(Cn2c(NN3CCCCC3)nc3ccccc32)c1. The van der Waals surface area contributed by atoms with Gasteiger partial charge in [0.2, 0.25) is 5.95 Å². The lowest BCUT2D eigenvalue weighted by atomic mass is 10.2. The van der Waals surface area contributed by atoms with Crippen LogP contribution in [0.4, 0.5) is 5.95 Å². The van der Waals surface area contributed by atoms with Crippen molar-refractivity contribution in [2.45, 2.75) is 25.8 Å². The van der Waals surface area contributed by atoms with Gasteiger partial charge in [0.25, 0.3) is 0 Å². The van der Waals surface area contributed by atoms with E-state index in [1.54, 1.807) is 6.26 Å². The molecule has 22 heavy (non-hydrogen) atoms. The van der Waals surface area contributed by atoms with Crippen LogP contribution in [0.25, 0.3) is 11.0 Å². The highest BCUT2D eigenvalue weighted by Crippen LogP contribution is 2.22. The lowest BCUT2D eigenvalue weighted by Crippen LogP contribution is -2.36. The molecule has 1 aliphatic rings. The number of aromatic nitrogens is 2. The molecule has 3 heterocycles. The Bertz CT molecular complexity index is 741. The van der Waals surface area contributed by atoms with Gasteiger partial charge >= 0.3 is 0 Å². The van der Waals surface area contributed by atoms with Crippen LogP contribution in [0.2, 0.25) is 0 Å². The van der Waals surface area contributed by atoms with Gasteiger partial charge in [-0.3, -0.25) is 5.43 Å². The molecule has 4 rings (SSSR count). The van der Waals surface area contributed by atoms with E-state index < -0.39 is 0 Å². The number of imidazole rings is 1. The number of anilines is 1. The molecule has 0 bridgehead atoms. The third-order valence-electron chi connectivity index (χ3n) is 4.16. The number of rotatable bonds is 4. The van der Waals surface area contributed by atoms with Crippen molar-refractivity contribution in [1.82, 2.24) is 14.6 Å². The number of hydrogen-bond acceptors (Lipinski definition) is 4. The van der Waals surface area contributed by atoms with Gasteiger partial charge in [-0.1, -0.05) is 18.6 Å². The third kappa shape index (κ3) is 2.60. The second-order valence-electron chi connectivity index (χ2n) is 5.75. The fourth-order valence-electron chi connectivity index (χ4n) is 3.03. The predicted octanol–water partition coefficient (Wildman–Crippen LogP) is 3.49. The number of piperidine rings is 1. The standard InChI is InChI=1S/C17H20N4O/c1-4-10-20(11-5-1)19-17-18-15-8-2-3-9-16(15)21(17)13-14-7-6-12-22-14/h2-3,6-9,12H,1,4-5,10-11,13H2,(H,18,19). The Morgan fingerprint density at radius 1 is 1.05 bits per heavy atom. The van der Waals surface area contributed by atoms with Crippen LogP contribution >= 0.6 is 0 Å². The smallest absolute Gasteiger partial charge is 0.219 e. The Kier molecular flexibility index (Phi) is 3.56. The first-order valence-corrected chi connectivity index (χ1v) is 7.89. The first kappa shape index (κ1) is 13.4. The maximum atomic E-state index is 5.51. The molecule has 5 nitrogen and oxygen atoms in total. The van der Waals surface area contributed by atoms with Gasteiger partial charge in [-0.2, -0.15) is 0 Å². The van der Waals surface area contributed by atoms with Crippen molar-refractivity contribution >= 4 is 17.0 Å². The van der Waals surface area contributed by atoms with E-state index in [-0.39, 0.29) is 0 Å². The van der Waals surface area contributed by atoms with Gasteiger partial charge in [-0.15, -0.1) is 0 Å². The van der Waals surface area contributed by atoms with E-state index in [0.29, 0.717) is 6.54 Å². The quantitative estimate of drug-likeness (QED) is 0.800. The van der Waals surface area contributed by atoms with Crippen LogP contribution in [0.1, 0.15) is 25.0 Å². The van der Waals surface area contributed by atoms with E-state index in [4.69, 9.17) is 9.40 Å². The van der Waals surface area contributed by atoms with E-state index >= 15 is 0 Å². The number of hydrazine groups is 1. The molecule has 1 fully saturated rings. The molecular weight excluding hydrogens is 276 g/mol. The maximum absolute atomic E-state index is 5.51. The Labute approximate surface area is 129 Å². The number of furan rings is 1. The van der Waals surface area contributed by atoms with Gasteiger partial charge in [-0.05, 0) is 37.1 Å². The van der Waals surface area contributed by atoms with E-state index in [9.17, 15) is 0 Å². The molecule has 114 valence electrons. The molecule has 0 unspecified atom stereocenters. The molecule has 0 radical (unpaired) electrons. The number of fused-ring (bicyclic) bond motifs is 1. The van der Waals surface area contributed by atoms with Crippen LogP contribution in [0.15, 0.2) is 47.1 Å². The molecule has 0 spiro atoms. The minimum absolute atomic E-state index is 0.684. The first-order chi connectivity index (χ1) is 10.9. The number of para-hydroxylation sites is 2. The second kappa shape index (κ2) is 5.85. The summed E-state index contributed by atoms with van der Waals surface area (Å²) in [7, 11) is 0. The van der Waals surface area contributed by atoms with E-state index in [0.717, 1.165) is 35.8 Å². The maximum Gasteiger partial charge on any atom is 0.219 e. The van der Waals surface area contributed by atoms with E-state index in [2.05, 4.69) is 27.1 Å². The zero-order valence-electron chi connectivity index (χ0n) is 12.5. The zero-order chi connectivity index (χ0) is 14.8. The molecule has 0 aliphatic carbocycles. The van der Waals surface area contributed by atoms with E-state index in [1.807, 2.05) is 24.3 Å². The molecule has 1 saturated heterocycles. The van der Waals surface area contributed by atoms with Crippen molar-refractivity contribution < 1.29 is 4.42 Å². The summed E-state index contributed by atoms with van der Waals surface area (Å²) in [6.07, 6.45) is 5.52. The summed E-state index contributed by atoms with van der Waals surface area (Å²) in [6, 6.07) is 12.2. The summed E-state index contributed by atoms with van der Waals surface area (Å²) in [4.78, 5) is 4.76. The predicted molar refractivity (Wildman–Crippen MR) is 86.6 cm³/mol. The summed E-state index contributed by atoms with van der Waals surface area (Å²) in [5.41, 5.74) is 5.63. The Balaban J connectivity index is 1.69. The van der Waals surface area contributed by atoms with Crippen molar-refractivity contribution in [2.24, 2.45) is 0 Å². The number of benzene rings is 1. The van der Waals surface area contributed by atoms with Gasteiger partial charge in [0.1, 0.15) is 5.76 Å². The number of nitrogens with one attached hydrogen (secondary N) is 1.